The molecule has 0 saturated carbocycles. The number of fused-ring (bicyclic) bond motifs is 1. The second-order valence-corrected chi connectivity index (χ2v) is 6.77. The van der Waals surface area contributed by atoms with Crippen LogP contribution >= 0.6 is 11.3 Å². The van der Waals surface area contributed by atoms with E-state index >= 15 is 0 Å². The van der Waals surface area contributed by atoms with Crippen molar-refractivity contribution < 1.29 is 4.92 Å². The van der Waals surface area contributed by atoms with Gasteiger partial charge < -0.3 is 0 Å². The summed E-state index contributed by atoms with van der Waals surface area (Å²) in [5, 5.41) is 15.2. The smallest absolute Gasteiger partial charge is 0.266 e. The molecule has 0 aliphatic heterocycles. The summed E-state index contributed by atoms with van der Waals surface area (Å²) in [5.41, 5.74) is 2.25. The zero-order chi connectivity index (χ0) is 18.3. The number of thiazole rings is 1. The SMILES string of the molecule is Cc1ccc(-c2nc3s/c(=C\c4cccc([N+](=O)[O-])c4)c(=O)n3n2)cc1. The molecule has 0 fully saturated rings. The van der Waals surface area contributed by atoms with Crippen molar-refractivity contribution in [1.29, 1.82) is 0 Å². The Labute approximate surface area is 151 Å². The third-order valence-corrected chi connectivity index (χ3v) is 4.83. The van der Waals surface area contributed by atoms with Crippen LogP contribution in [0.5, 0.6) is 0 Å². The van der Waals surface area contributed by atoms with Crippen LogP contribution in [0, 0.1) is 17.0 Å². The summed E-state index contributed by atoms with van der Waals surface area (Å²) in [7, 11) is 0. The summed E-state index contributed by atoms with van der Waals surface area (Å²) in [5.74, 6) is 0.496. The number of rotatable bonds is 3. The van der Waals surface area contributed by atoms with Gasteiger partial charge in [0, 0.05) is 17.7 Å². The Balaban J connectivity index is 1.78. The number of benzene rings is 2. The summed E-state index contributed by atoms with van der Waals surface area (Å²) in [6.07, 6.45) is 1.61. The van der Waals surface area contributed by atoms with Gasteiger partial charge in [0.25, 0.3) is 11.2 Å². The van der Waals surface area contributed by atoms with Gasteiger partial charge in [0.1, 0.15) is 0 Å². The number of nitrogens with zero attached hydrogens (tertiary/aromatic N) is 4. The van der Waals surface area contributed by atoms with Gasteiger partial charge in [-0.25, -0.2) is 0 Å². The van der Waals surface area contributed by atoms with E-state index in [0.29, 0.717) is 20.9 Å². The van der Waals surface area contributed by atoms with Crippen molar-refractivity contribution >= 4 is 28.1 Å². The van der Waals surface area contributed by atoms with Crippen LogP contribution < -0.4 is 10.1 Å². The third-order valence-electron chi connectivity index (χ3n) is 3.87. The summed E-state index contributed by atoms with van der Waals surface area (Å²) < 4.78 is 1.69. The quantitative estimate of drug-likeness (QED) is 0.412. The van der Waals surface area contributed by atoms with Gasteiger partial charge in [-0.3, -0.25) is 14.9 Å². The first-order chi connectivity index (χ1) is 12.5. The van der Waals surface area contributed by atoms with E-state index in [1.807, 2.05) is 31.2 Å². The van der Waals surface area contributed by atoms with E-state index in [-0.39, 0.29) is 11.2 Å². The molecule has 0 bridgehead atoms. The maximum Gasteiger partial charge on any atom is 0.291 e. The van der Waals surface area contributed by atoms with Crippen molar-refractivity contribution in [3.63, 3.8) is 0 Å². The van der Waals surface area contributed by atoms with Crippen LogP contribution in [0.2, 0.25) is 0 Å². The molecule has 4 rings (SSSR count). The van der Waals surface area contributed by atoms with Gasteiger partial charge in [0.15, 0.2) is 5.82 Å². The summed E-state index contributed by atoms with van der Waals surface area (Å²) in [6, 6.07) is 13.9. The van der Waals surface area contributed by atoms with Gasteiger partial charge in [-0.05, 0) is 18.6 Å². The molecular formula is C18H12N4O3S. The Morgan fingerprint density at radius 3 is 2.65 bits per heavy atom. The van der Waals surface area contributed by atoms with E-state index in [4.69, 9.17) is 0 Å². The zero-order valence-electron chi connectivity index (χ0n) is 13.6. The molecule has 0 aliphatic carbocycles. The monoisotopic (exact) mass is 364 g/mol. The number of hydrogen-bond acceptors (Lipinski definition) is 6. The van der Waals surface area contributed by atoms with Crippen molar-refractivity contribution in [2.75, 3.05) is 0 Å². The number of aryl methyl sites for hydroxylation is 1. The first-order valence-corrected chi connectivity index (χ1v) is 8.56. The van der Waals surface area contributed by atoms with Crippen LogP contribution in [0.25, 0.3) is 22.4 Å². The Morgan fingerprint density at radius 1 is 1.19 bits per heavy atom. The number of aromatic nitrogens is 3. The number of nitro benzene ring substituents is 1. The fourth-order valence-corrected chi connectivity index (χ4v) is 3.45. The average Bonchev–Trinajstić information content (AvgIpc) is 3.16. The lowest BCUT2D eigenvalue weighted by atomic mass is 10.1. The summed E-state index contributed by atoms with van der Waals surface area (Å²) >= 11 is 1.20. The highest BCUT2D eigenvalue weighted by atomic mass is 32.1. The van der Waals surface area contributed by atoms with E-state index in [1.54, 1.807) is 18.2 Å². The molecule has 0 saturated heterocycles. The molecule has 2 aromatic heterocycles. The van der Waals surface area contributed by atoms with Crippen LogP contribution in [0.1, 0.15) is 11.1 Å². The second-order valence-electron chi connectivity index (χ2n) is 5.76. The lowest BCUT2D eigenvalue weighted by Crippen LogP contribution is -2.23. The molecule has 4 aromatic rings. The lowest BCUT2D eigenvalue weighted by Gasteiger charge is -1.95. The van der Waals surface area contributed by atoms with Gasteiger partial charge in [0.2, 0.25) is 4.96 Å². The van der Waals surface area contributed by atoms with Crippen LogP contribution in [-0.4, -0.2) is 19.5 Å². The Morgan fingerprint density at radius 2 is 1.96 bits per heavy atom. The fourth-order valence-electron chi connectivity index (χ4n) is 2.54. The van der Waals surface area contributed by atoms with E-state index in [0.717, 1.165) is 11.1 Å². The van der Waals surface area contributed by atoms with Crippen molar-refractivity contribution in [2.45, 2.75) is 6.92 Å². The lowest BCUT2D eigenvalue weighted by molar-refractivity contribution is -0.384. The molecule has 0 amide bonds. The number of nitro groups is 1. The fraction of sp³-hybridized carbons (Fsp3) is 0.0556. The minimum atomic E-state index is -0.466. The molecule has 128 valence electrons. The molecule has 26 heavy (non-hydrogen) atoms. The molecular weight excluding hydrogens is 352 g/mol. The van der Waals surface area contributed by atoms with Gasteiger partial charge in [-0.1, -0.05) is 53.3 Å². The van der Waals surface area contributed by atoms with Crippen LogP contribution in [0.3, 0.4) is 0 Å². The molecule has 8 heteroatoms. The van der Waals surface area contributed by atoms with E-state index in [2.05, 4.69) is 10.1 Å². The Kier molecular flexibility index (Phi) is 3.81. The van der Waals surface area contributed by atoms with Gasteiger partial charge >= 0.3 is 0 Å². The molecule has 0 radical (unpaired) electrons. The zero-order valence-corrected chi connectivity index (χ0v) is 14.4. The topological polar surface area (TPSA) is 90.4 Å². The van der Waals surface area contributed by atoms with E-state index < -0.39 is 4.92 Å². The standard InChI is InChI=1S/C18H12N4O3S/c1-11-5-7-13(8-6-11)16-19-18-21(20-16)17(23)15(26-18)10-12-3-2-4-14(9-12)22(24)25/h2-10H,1H3/b15-10-. The van der Waals surface area contributed by atoms with E-state index in [9.17, 15) is 14.9 Å². The van der Waals surface area contributed by atoms with Gasteiger partial charge in [0.05, 0.1) is 9.46 Å². The highest BCUT2D eigenvalue weighted by Gasteiger charge is 2.12. The maximum atomic E-state index is 12.6. The molecule has 0 atom stereocenters. The predicted octanol–water partition coefficient (Wildman–Crippen LogP) is 2.58. The Hall–Kier alpha value is -3.39. The second kappa shape index (κ2) is 6.16. The third kappa shape index (κ3) is 2.86. The summed E-state index contributed by atoms with van der Waals surface area (Å²) in [6.45, 7) is 1.99. The predicted molar refractivity (Wildman–Crippen MR) is 99.2 cm³/mol. The summed E-state index contributed by atoms with van der Waals surface area (Å²) in [4.78, 5) is 27.9. The highest BCUT2D eigenvalue weighted by molar-refractivity contribution is 7.15. The van der Waals surface area contributed by atoms with Crippen molar-refractivity contribution in [3.8, 4) is 11.4 Å². The highest BCUT2D eigenvalue weighted by Crippen LogP contribution is 2.17. The molecule has 7 nitrogen and oxygen atoms in total. The number of hydrogen-bond donors (Lipinski definition) is 0. The normalized spacial score (nSPS) is 12.0. The van der Waals surface area contributed by atoms with Crippen molar-refractivity contribution in [1.82, 2.24) is 14.6 Å². The van der Waals surface area contributed by atoms with Crippen LogP contribution in [-0.2, 0) is 0 Å². The molecule has 2 heterocycles. The number of non-ortho nitro benzene ring substituents is 1. The van der Waals surface area contributed by atoms with E-state index in [1.165, 1.54) is 28.0 Å². The molecule has 0 spiro atoms. The molecule has 2 aromatic carbocycles. The van der Waals surface area contributed by atoms with Crippen molar-refractivity contribution in [3.05, 3.63) is 84.7 Å². The van der Waals surface area contributed by atoms with Gasteiger partial charge in [-0.2, -0.15) is 9.50 Å². The molecule has 0 N–H and O–H groups in total. The van der Waals surface area contributed by atoms with Crippen LogP contribution in [0.4, 0.5) is 5.69 Å². The van der Waals surface area contributed by atoms with Gasteiger partial charge in [-0.15, -0.1) is 5.10 Å². The molecule has 0 unspecified atom stereocenters. The first-order valence-electron chi connectivity index (χ1n) is 7.74. The first kappa shape index (κ1) is 16.1. The minimum Gasteiger partial charge on any atom is -0.266 e. The van der Waals surface area contributed by atoms with Crippen LogP contribution in [0.15, 0.2) is 53.3 Å². The Bertz CT molecular complexity index is 1240. The van der Waals surface area contributed by atoms with Crippen molar-refractivity contribution in [2.24, 2.45) is 0 Å². The average molecular weight is 364 g/mol. The largest absolute Gasteiger partial charge is 0.291 e. The minimum absolute atomic E-state index is 0.0210. The molecule has 0 aliphatic rings. The maximum absolute atomic E-state index is 12.6.